The summed E-state index contributed by atoms with van der Waals surface area (Å²) in [7, 11) is -1.65. The third-order valence-electron chi connectivity index (χ3n) is 3.01. The number of likely N-dealkylation sites (N-methyl/N-ethyl adjacent to an activating group) is 1. The Bertz CT molecular complexity index is 515. The van der Waals surface area contributed by atoms with E-state index in [1.165, 1.54) is 6.20 Å². The van der Waals surface area contributed by atoms with E-state index in [1.54, 1.807) is 0 Å². The fourth-order valence-corrected chi connectivity index (χ4v) is 3.15. The third kappa shape index (κ3) is 3.51. The Morgan fingerprint density at radius 2 is 2.47 bits per heavy atom. The first kappa shape index (κ1) is 14.4. The lowest BCUT2D eigenvalue weighted by Crippen LogP contribution is -2.46. The minimum atomic E-state index is -3.62. The number of aromatic amines is 1. The van der Waals surface area contributed by atoms with Gasteiger partial charge < -0.3 is 15.4 Å². The average molecular weight is 289 g/mol. The van der Waals surface area contributed by atoms with E-state index < -0.39 is 10.0 Å². The Morgan fingerprint density at radius 3 is 3.16 bits per heavy atom. The average Bonchev–Trinajstić information content (AvgIpc) is 2.86. The summed E-state index contributed by atoms with van der Waals surface area (Å²) in [6.07, 6.45) is 1.28. The molecule has 0 spiro atoms. The van der Waals surface area contributed by atoms with Gasteiger partial charge in [0.15, 0.2) is 5.03 Å². The van der Waals surface area contributed by atoms with E-state index in [9.17, 15) is 8.42 Å². The number of sulfonamides is 1. The highest BCUT2D eigenvalue weighted by atomic mass is 32.2. The van der Waals surface area contributed by atoms with Crippen LogP contribution in [0.25, 0.3) is 0 Å². The second kappa shape index (κ2) is 5.97. The number of nitrogens with one attached hydrogen (secondary N) is 2. The van der Waals surface area contributed by atoms with Crippen LogP contribution in [0.2, 0.25) is 0 Å². The number of rotatable bonds is 5. The topological polar surface area (TPSA) is 113 Å². The molecule has 108 valence electrons. The molecule has 4 N–H and O–H groups in total. The molecule has 0 aliphatic carbocycles. The van der Waals surface area contributed by atoms with Gasteiger partial charge in [0, 0.05) is 31.7 Å². The predicted molar refractivity (Wildman–Crippen MR) is 68.9 cm³/mol. The van der Waals surface area contributed by atoms with Crippen molar-refractivity contribution in [3.8, 4) is 0 Å². The van der Waals surface area contributed by atoms with Gasteiger partial charge in [0.05, 0.1) is 18.9 Å². The first-order chi connectivity index (χ1) is 9.03. The van der Waals surface area contributed by atoms with Crippen molar-refractivity contribution >= 4 is 10.0 Å². The van der Waals surface area contributed by atoms with Crippen LogP contribution in [-0.2, 0) is 21.3 Å². The maximum Gasteiger partial charge on any atom is 0.257 e. The summed E-state index contributed by atoms with van der Waals surface area (Å²) in [6, 6.07) is 0. The van der Waals surface area contributed by atoms with E-state index in [4.69, 9.17) is 10.5 Å². The van der Waals surface area contributed by atoms with E-state index >= 15 is 0 Å². The SMILES string of the molecule is CN1CCOC(CNS(=O)(=O)c2[nH]ncc2CN)C1. The molecule has 0 saturated carbocycles. The van der Waals surface area contributed by atoms with Crippen LogP contribution in [0.1, 0.15) is 5.56 Å². The number of hydrogen-bond acceptors (Lipinski definition) is 6. The van der Waals surface area contributed by atoms with Crippen LogP contribution in [0.3, 0.4) is 0 Å². The lowest BCUT2D eigenvalue weighted by atomic mass is 10.3. The molecule has 0 radical (unpaired) electrons. The zero-order valence-corrected chi connectivity index (χ0v) is 11.6. The standard InChI is InChI=1S/C10H19N5O3S/c1-15-2-3-18-9(7-15)6-13-19(16,17)10-8(4-11)5-12-14-10/h5,9,13H,2-4,6-7,11H2,1H3,(H,12,14). The molecule has 2 heterocycles. The highest BCUT2D eigenvalue weighted by molar-refractivity contribution is 7.89. The summed E-state index contributed by atoms with van der Waals surface area (Å²) in [5.41, 5.74) is 5.93. The molecule has 1 saturated heterocycles. The molecule has 0 amide bonds. The van der Waals surface area contributed by atoms with Crippen molar-refractivity contribution in [1.82, 2.24) is 19.8 Å². The lowest BCUT2D eigenvalue weighted by Gasteiger charge is -2.29. The Balaban J connectivity index is 1.98. The first-order valence-electron chi connectivity index (χ1n) is 6.05. The summed E-state index contributed by atoms with van der Waals surface area (Å²) in [6.45, 7) is 2.53. The van der Waals surface area contributed by atoms with E-state index in [0.717, 1.165) is 6.54 Å². The Kier molecular flexibility index (Phi) is 4.53. The summed E-state index contributed by atoms with van der Waals surface area (Å²) in [5.74, 6) is 0. The molecule has 0 aromatic carbocycles. The summed E-state index contributed by atoms with van der Waals surface area (Å²) < 4.78 is 32.2. The van der Waals surface area contributed by atoms with Gasteiger partial charge in [-0.05, 0) is 7.05 Å². The van der Waals surface area contributed by atoms with Crippen molar-refractivity contribution in [3.05, 3.63) is 11.8 Å². The van der Waals surface area contributed by atoms with Crippen LogP contribution < -0.4 is 10.5 Å². The molecule has 2 rings (SSSR count). The lowest BCUT2D eigenvalue weighted by molar-refractivity contribution is -0.0156. The van der Waals surface area contributed by atoms with Crippen LogP contribution in [0.5, 0.6) is 0 Å². The second-order valence-corrected chi connectivity index (χ2v) is 6.24. The molecule has 1 atom stereocenters. The van der Waals surface area contributed by atoms with Crippen LogP contribution in [-0.4, -0.2) is 62.9 Å². The molecule has 1 unspecified atom stereocenters. The van der Waals surface area contributed by atoms with Gasteiger partial charge in [0.2, 0.25) is 0 Å². The minimum absolute atomic E-state index is 0.0270. The number of nitrogens with zero attached hydrogens (tertiary/aromatic N) is 2. The van der Waals surface area contributed by atoms with Crippen molar-refractivity contribution in [2.24, 2.45) is 5.73 Å². The molecule has 8 nitrogen and oxygen atoms in total. The van der Waals surface area contributed by atoms with Crippen molar-refractivity contribution in [2.75, 3.05) is 33.3 Å². The number of nitrogens with two attached hydrogens (primary N) is 1. The number of hydrogen-bond donors (Lipinski definition) is 3. The Morgan fingerprint density at radius 1 is 1.68 bits per heavy atom. The van der Waals surface area contributed by atoms with Gasteiger partial charge in [-0.15, -0.1) is 0 Å². The number of morpholine rings is 1. The molecule has 1 aliphatic rings. The monoisotopic (exact) mass is 289 g/mol. The molecule has 1 aromatic heterocycles. The van der Waals surface area contributed by atoms with Gasteiger partial charge in [-0.25, -0.2) is 13.1 Å². The third-order valence-corrected chi connectivity index (χ3v) is 4.45. The van der Waals surface area contributed by atoms with Crippen LogP contribution in [0.15, 0.2) is 11.2 Å². The maximum absolute atomic E-state index is 12.1. The maximum atomic E-state index is 12.1. The quantitative estimate of drug-likeness (QED) is 0.606. The molecule has 1 aliphatic heterocycles. The van der Waals surface area contributed by atoms with Crippen LogP contribution in [0.4, 0.5) is 0 Å². The smallest absolute Gasteiger partial charge is 0.257 e. The van der Waals surface area contributed by atoms with Gasteiger partial charge in [0.25, 0.3) is 10.0 Å². The van der Waals surface area contributed by atoms with Gasteiger partial charge in [-0.2, -0.15) is 5.10 Å². The van der Waals surface area contributed by atoms with Gasteiger partial charge >= 0.3 is 0 Å². The highest BCUT2D eigenvalue weighted by Gasteiger charge is 2.23. The normalized spacial score (nSPS) is 21.7. The van der Waals surface area contributed by atoms with Crippen molar-refractivity contribution in [3.63, 3.8) is 0 Å². The largest absolute Gasteiger partial charge is 0.374 e. The van der Waals surface area contributed by atoms with E-state index in [0.29, 0.717) is 18.7 Å². The molecule has 1 fully saturated rings. The van der Waals surface area contributed by atoms with Gasteiger partial charge in [0.1, 0.15) is 0 Å². The second-order valence-electron chi connectivity index (χ2n) is 4.54. The molecule has 19 heavy (non-hydrogen) atoms. The first-order valence-corrected chi connectivity index (χ1v) is 7.53. The number of H-pyrrole nitrogens is 1. The van der Waals surface area contributed by atoms with Gasteiger partial charge in [-0.1, -0.05) is 0 Å². The fourth-order valence-electron chi connectivity index (χ4n) is 1.94. The zero-order valence-electron chi connectivity index (χ0n) is 10.8. The van der Waals surface area contributed by atoms with E-state index in [2.05, 4.69) is 19.8 Å². The minimum Gasteiger partial charge on any atom is -0.374 e. The number of aromatic nitrogens is 2. The Labute approximate surface area is 112 Å². The summed E-state index contributed by atoms with van der Waals surface area (Å²) in [5, 5.41) is 6.19. The molecule has 1 aromatic rings. The van der Waals surface area contributed by atoms with Crippen LogP contribution >= 0.6 is 0 Å². The van der Waals surface area contributed by atoms with Crippen LogP contribution in [0, 0.1) is 0 Å². The van der Waals surface area contributed by atoms with Gasteiger partial charge in [-0.3, -0.25) is 5.10 Å². The zero-order chi connectivity index (χ0) is 13.9. The van der Waals surface area contributed by atoms with Crippen molar-refractivity contribution in [1.29, 1.82) is 0 Å². The summed E-state index contributed by atoms with van der Waals surface area (Å²) in [4.78, 5) is 2.10. The Hall–Kier alpha value is -1.00. The molecule has 9 heteroatoms. The van der Waals surface area contributed by atoms with E-state index in [1.807, 2.05) is 7.05 Å². The highest BCUT2D eigenvalue weighted by Crippen LogP contribution is 2.11. The number of ether oxygens (including phenoxy) is 1. The molecular weight excluding hydrogens is 270 g/mol. The fraction of sp³-hybridized carbons (Fsp3) is 0.700. The van der Waals surface area contributed by atoms with Crippen molar-refractivity contribution in [2.45, 2.75) is 17.7 Å². The predicted octanol–water partition coefficient (Wildman–Crippen LogP) is -1.52. The summed E-state index contributed by atoms with van der Waals surface area (Å²) >= 11 is 0. The molecular formula is C10H19N5O3S. The van der Waals surface area contributed by atoms with Crippen molar-refractivity contribution < 1.29 is 13.2 Å². The van der Waals surface area contributed by atoms with E-state index in [-0.39, 0.29) is 24.2 Å². The molecule has 0 bridgehead atoms.